The quantitative estimate of drug-likeness (QED) is 0.428. The van der Waals surface area contributed by atoms with Gasteiger partial charge < -0.3 is 15.2 Å². The Bertz CT molecular complexity index is 494. The van der Waals surface area contributed by atoms with Gasteiger partial charge in [0.1, 0.15) is 5.69 Å². The van der Waals surface area contributed by atoms with Crippen LogP contribution in [0.2, 0.25) is 0 Å². The maximum atomic E-state index is 12.1. The molecule has 1 amide bonds. The third-order valence-electron chi connectivity index (χ3n) is 3.28. The van der Waals surface area contributed by atoms with E-state index in [9.17, 15) is 14.9 Å². The van der Waals surface area contributed by atoms with Gasteiger partial charge in [0.2, 0.25) is 0 Å². The van der Waals surface area contributed by atoms with Gasteiger partial charge in [-0.3, -0.25) is 14.9 Å². The average molecular weight is 280 g/mol. The van der Waals surface area contributed by atoms with Crippen molar-refractivity contribution in [3.63, 3.8) is 0 Å². The molecule has 1 saturated carbocycles. The number of nitrogens with one attached hydrogen (secondary N) is 2. The molecule has 7 nitrogen and oxygen atoms in total. The van der Waals surface area contributed by atoms with E-state index in [1.54, 1.807) is 4.57 Å². The zero-order valence-corrected chi connectivity index (χ0v) is 11.6. The Kier molecular flexibility index (Phi) is 4.73. The van der Waals surface area contributed by atoms with Gasteiger partial charge in [0.15, 0.2) is 0 Å². The first-order chi connectivity index (χ1) is 9.63. The van der Waals surface area contributed by atoms with Crippen molar-refractivity contribution < 1.29 is 9.72 Å². The van der Waals surface area contributed by atoms with Crippen LogP contribution < -0.4 is 10.6 Å². The van der Waals surface area contributed by atoms with Crippen molar-refractivity contribution in [1.29, 1.82) is 0 Å². The first kappa shape index (κ1) is 14.5. The normalized spacial score (nSPS) is 14.2. The van der Waals surface area contributed by atoms with Gasteiger partial charge in [-0.15, -0.1) is 0 Å². The lowest BCUT2D eigenvalue weighted by Gasteiger charge is -2.08. The van der Waals surface area contributed by atoms with E-state index >= 15 is 0 Å². The fourth-order valence-corrected chi connectivity index (χ4v) is 2.08. The maximum absolute atomic E-state index is 12.1. The van der Waals surface area contributed by atoms with Crippen molar-refractivity contribution in [3.8, 4) is 0 Å². The predicted octanol–water partition coefficient (Wildman–Crippen LogP) is 1.46. The summed E-state index contributed by atoms with van der Waals surface area (Å²) in [5.41, 5.74) is 0.373. The molecule has 1 aromatic rings. The third-order valence-corrected chi connectivity index (χ3v) is 3.28. The fraction of sp³-hybridized carbons (Fsp3) is 0.615. The highest BCUT2D eigenvalue weighted by molar-refractivity contribution is 5.93. The highest BCUT2D eigenvalue weighted by atomic mass is 16.6. The third kappa shape index (κ3) is 3.57. The Morgan fingerprint density at radius 2 is 2.25 bits per heavy atom. The van der Waals surface area contributed by atoms with Crippen LogP contribution >= 0.6 is 0 Å². The van der Waals surface area contributed by atoms with Crippen LogP contribution in [0.1, 0.15) is 42.7 Å². The predicted molar refractivity (Wildman–Crippen MR) is 74.9 cm³/mol. The highest BCUT2D eigenvalue weighted by Crippen LogP contribution is 2.37. The van der Waals surface area contributed by atoms with Gasteiger partial charge >= 0.3 is 0 Å². The van der Waals surface area contributed by atoms with E-state index in [-0.39, 0.29) is 17.6 Å². The molecule has 0 spiro atoms. The van der Waals surface area contributed by atoms with E-state index in [1.165, 1.54) is 12.3 Å². The Morgan fingerprint density at radius 1 is 1.50 bits per heavy atom. The lowest BCUT2D eigenvalue weighted by atomic mass is 10.3. The van der Waals surface area contributed by atoms with Crippen LogP contribution in [0.5, 0.6) is 0 Å². The van der Waals surface area contributed by atoms with Crippen LogP contribution in [0, 0.1) is 10.1 Å². The second-order valence-corrected chi connectivity index (χ2v) is 4.94. The molecular weight excluding hydrogens is 260 g/mol. The molecule has 0 aromatic carbocycles. The number of nitrogens with zero attached hydrogens (tertiary/aromatic N) is 2. The van der Waals surface area contributed by atoms with Gasteiger partial charge in [0.25, 0.3) is 11.6 Å². The van der Waals surface area contributed by atoms with Crippen molar-refractivity contribution in [3.05, 3.63) is 28.1 Å². The molecule has 1 fully saturated rings. The minimum atomic E-state index is -0.458. The number of rotatable bonds is 8. The van der Waals surface area contributed by atoms with Crippen molar-refractivity contribution in [2.75, 3.05) is 19.6 Å². The van der Waals surface area contributed by atoms with Crippen molar-refractivity contribution in [2.24, 2.45) is 0 Å². The van der Waals surface area contributed by atoms with E-state index < -0.39 is 4.92 Å². The molecule has 0 aliphatic heterocycles. The standard InChI is InChI=1S/C13H20N4O3/c1-2-14-6-3-7-15-13(18)12-8-11(17(19)20)9-16(12)10-4-5-10/h8-10,14H,2-7H2,1H3,(H,15,18). The van der Waals surface area contributed by atoms with Crippen LogP contribution in [0.15, 0.2) is 12.3 Å². The summed E-state index contributed by atoms with van der Waals surface area (Å²) in [7, 11) is 0. The van der Waals surface area contributed by atoms with Crippen molar-refractivity contribution in [2.45, 2.75) is 32.2 Å². The molecule has 1 aliphatic carbocycles. The van der Waals surface area contributed by atoms with E-state index in [0.29, 0.717) is 12.2 Å². The first-order valence-electron chi connectivity index (χ1n) is 6.98. The number of nitro groups is 1. The van der Waals surface area contributed by atoms with Crippen molar-refractivity contribution >= 4 is 11.6 Å². The number of aromatic nitrogens is 1. The number of hydrogen-bond acceptors (Lipinski definition) is 4. The second kappa shape index (κ2) is 6.51. The molecule has 0 saturated heterocycles. The SMILES string of the molecule is CCNCCCNC(=O)c1cc([N+](=O)[O-])cn1C1CC1. The molecule has 110 valence electrons. The van der Waals surface area contributed by atoms with Gasteiger partial charge in [0.05, 0.1) is 11.1 Å². The smallest absolute Gasteiger partial charge is 0.287 e. The van der Waals surface area contributed by atoms with E-state index in [4.69, 9.17) is 0 Å². The topological polar surface area (TPSA) is 89.2 Å². The van der Waals surface area contributed by atoms with Crippen LogP contribution in [0.3, 0.4) is 0 Å². The van der Waals surface area contributed by atoms with Crippen LogP contribution in [-0.2, 0) is 0 Å². The van der Waals surface area contributed by atoms with Crippen LogP contribution in [0.4, 0.5) is 5.69 Å². The molecule has 1 aliphatic rings. The number of carbonyl (C=O) groups is 1. The van der Waals surface area contributed by atoms with Gasteiger partial charge in [-0.05, 0) is 32.4 Å². The molecule has 0 bridgehead atoms. The molecule has 20 heavy (non-hydrogen) atoms. The summed E-state index contributed by atoms with van der Waals surface area (Å²) in [5, 5.41) is 16.8. The average Bonchev–Trinajstić information content (AvgIpc) is 3.16. The summed E-state index contributed by atoms with van der Waals surface area (Å²) in [6.45, 7) is 4.35. The van der Waals surface area contributed by atoms with E-state index in [0.717, 1.165) is 32.4 Å². The van der Waals surface area contributed by atoms with Gasteiger partial charge in [0, 0.05) is 18.7 Å². The summed E-state index contributed by atoms with van der Waals surface area (Å²) < 4.78 is 1.73. The van der Waals surface area contributed by atoms with Gasteiger partial charge in [-0.1, -0.05) is 6.92 Å². The van der Waals surface area contributed by atoms with Gasteiger partial charge in [-0.2, -0.15) is 0 Å². The summed E-state index contributed by atoms with van der Waals surface area (Å²) in [6.07, 6.45) is 4.26. The fourth-order valence-electron chi connectivity index (χ4n) is 2.08. The molecule has 0 radical (unpaired) electrons. The van der Waals surface area contributed by atoms with Crippen LogP contribution in [-0.4, -0.2) is 35.0 Å². The first-order valence-corrected chi connectivity index (χ1v) is 6.98. The maximum Gasteiger partial charge on any atom is 0.287 e. The minimum Gasteiger partial charge on any atom is -0.351 e. The number of hydrogen-bond donors (Lipinski definition) is 2. The monoisotopic (exact) mass is 280 g/mol. The molecule has 7 heteroatoms. The van der Waals surface area contributed by atoms with Gasteiger partial charge in [-0.25, -0.2) is 0 Å². The van der Waals surface area contributed by atoms with E-state index in [1.807, 2.05) is 6.92 Å². The Hall–Kier alpha value is -1.89. The lowest BCUT2D eigenvalue weighted by Crippen LogP contribution is -2.28. The lowest BCUT2D eigenvalue weighted by molar-refractivity contribution is -0.384. The Balaban J connectivity index is 1.96. The molecule has 2 rings (SSSR count). The highest BCUT2D eigenvalue weighted by Gasteiger charge is 2.30. The van der Waals surface area contributed by atoms with Crippen molar-refractivity contribution in [1.82, 2.24) is 15.2 Å². The Morgan fingerprint density at radius 3 is 2.85 bits per heavy atom. The zero-order chi connectivity index (χ0) is 14.5. The Labute approximate surface area is 117 Å². The second-order valence-electron chi connectivity index (χ2n) is 4.94. The minimum absolute atomic E-state index is 0.0188. The molecule has 2 N–H and O–H groups in total. The zero-order valence-electron chi connectivity index (χ0n) is 11.6. The molecular formula is C13H20N4O3. The van der Waals surface area contributed by atoms with E-state index in [2.05, 4.69) is 10.6 Å². The molecule has 0 atom stereocenters. The summed E-state index contributed by atoms with van der Waals surface area (Å²) in [5.74, 6) is -0.235. The summed E-state index contributed by atoms with van der Waals surface area (Å²) >= 11 is 0. The van der Waals surface area contributed by atoms with Crippen LogP contribution in [0.25, 0.3) is 0 Å². The largest absolute Gasteiger partial charge is 0.351 e. The molecule has 1 aromatic heterocycles. The summed E-state index contributed by atoms with van der Waals surface area (Å²) in [6, 6.07) is 1.60. The number of amides is 1. The molecule has 0 unspecified atom stereocenters. The molecule has 1 heterocycles. The number of carbonyl (C=O) groups excluding carboxylic acids is 1. The summed E-state index contributed by atoms with van der Waals surface area (Å²) in [4.78, 5) is 22.5.